The van der Waals surface area contributed by atoms with Crippen molar-refractivity contribution in [2.45, 2.75) is 47.2 Å². The summed E-state index contributed by atoms with van der Waals surface area (Å²) in [6, 6.07) is 8.22. The van der Waals surface area contributed by atoms with Crippen LogP contribution in [0.15, 0.2) is 30.3 Å². The fraction of sp³-hybridized carbons (Fsp3) is 0.333. The molecule has 0 bridgehead atoms. The van der Waals surface area contributed by atoms with Gasteiger partial charge in [0.15, 0.2) is 5.78 Å². The molecule has 3 aromatic rings. The van der Waals surface area contributed by atoms with Gasteiger partial charge in [-0.1, -0.05) is 12.1 Å². The number of hydrogen-bond donors (Lipinski definition) is 0. The highest BCUT2D eigenvalue weighted by molar-refractivity contribution is 5.97. The maximum absolute atomic E-state index is 13.1. The molecular weight excluding hydrogens is 375 g/mol. The van der Waals surface area contributed by atoms with Gasteiger partial charge in [0.2, 0.25) is 0 Å². The summed E-state index contributed by atoms with van der Waals surface area (Å²) in [5, 5.41) is 15.3. The van der Waals surface area contributed by atoms with Crippen LogP contribution in [0.3, 0.4) is 0 Å². The first-order chi connectivity index (χ1) is 13.7. The molecule has 152 valence electrons. The van der Waals surface area contributed by atoms with Crippen LogP contribution in [0.5, 0.6) is 0 Å². The van der Waals surface area contributed by atoms with Crippen LogP contribution in [-0.4, -0.2) is 25.1 Å². The van der Waals surface area contributed by atoms with Crippen molar-refractivity contribution in [2.24, 2.45) is 0 Å². The van der Waals surface area contributed by atoms with E-state index in [4.69, 9.17) is 0 Å². The molecule has 2 heterocycles. The largest absolute Gasteiger partial charge is 0.348 e. The number of hydrogen-bond acceptors (Lipinski definition) is 4. The molecule has 0 amide bonds. The van der Waals surface area contributed by atoms with Crippen LogP contribution >= 0.6 is 0 Å². The summed E-state index contributed by atoms with van der Waals surface area (Å²) in [5.41, 5.74) is 4.00. The molecule has 0 aliphatic carbocycles. The van der Waals surface area contributed by atoms with Crippen molar-refractivity contribution in [3.8, 4) is 0 Å². The summed E-state index contributed by atoms with van der Waals surface area (Å²) in [7, 11) is 0. The second-order valence-electron chi connectivity index (χ2n) is 7.17. The van der Waals surface area contributed by atoms with Crippen LogP contribution in [0, 0.1) is 43.6 Å². The molecule has 0 atom stereocenters. The van der Waals surface area contributed by atoms with E-state index in [-0.39, 0.29) is 23.8 Å². The lowest BCUT2D eigenvalue weighted by molar-refractivity contribution is -0.386. The predicted molar refractivity (Wildman–Crippen MR) is 107 cm³/mol. The molecular formula is C21H23FN4O3. The molecule has 2 aromatic heterocycles. The molecule has 0 N–H and O–H groups in total. The lowest BCUT2D eigenvalue weighted by atomic mass is 10.1. The predicted octanol–water partition coefficient (Wildman–Crippen LogP) is 4.09. The van der Waals surface area contributed by atoms with E-state index in [0.717, 1.165) is 17.0 Å². The quantitative estimate of drug-likeness (QED) is 0.341. The molecule has 0 spiro atoms. The SMILES string of the molecule is Cc1nn(CC(=O)c2cc(C)n(CCc3ccc(F)cc3)c2C)c(C)c1[N+](=O)[O-]. The number of benzene rings is 1. The summed E-state index contributed by atoms with van der Waals surface area (Å²) in [6.07, 6.45) is 0.716. The van der Waals surface area contributed by atoms with Gasteiger partial charge in [0.1, 0.15) is 23.7 Å². The summed E-state index contributed by atoms with van der Waals surface area (Å²) < 4.78 is 16.5. The van der Waals surface area contributed by atoms with Crippen LogP contribution in [0.2, 0.25) is 0 Å². The van der Waals surface area contributed by atoms with Gasteiger partial charge in [-0.15, -0.1) is 0 Å². The number of carbonyl (C=O) groups is 1. The van der Waals surface area contributed by atoms with Crippen molar-refractivity contribution < 1.29 is 14.1 Å². The number of aromatic nitrogens is 3. The van der Waals surface area contributed by atoms with Crippen molar-refractivity contribution in [1.82, 2.24) is 14.3 Å². The highest BCUT2D eigenvalue weighted by atomic mass is 19.1. The van der Waals surface area contributed by atoms with E-state index < -0.39 is 4.92 Å². The summed E-state index contributed by atoms with van der Waals surface area (Å²) in [5.74, 6) is -0.411. The number of nitro groups is 1. The van der Waals surface area contributed by atoms with Gasteiger partial charge in [0.05, 0.1) is 4.92 Å². The van der Waals surface area contributed by atoms with Crippen LogP contribution in [-0.2, 0) is 19.5 Å². The van der Waals surface area contributed by atoms with Crippen molar-refractivity contribution in [3.63, 3.8) is 0 Å². The molecule has 0 fully saturated rings. The van der Waals surface area contributed by atoms with Gasteiger partial charge in [0.25, 0.3) is 0 Å². The van der Waals surface area contributed by atoms with E-state index in [1.54, 1.807) is 26.0 Å². The zero-order valence-corrected chi connectivity index (χ0v) is 16.9. The van der Waals surface area contributed by atoms with E-state index in [9.17, 15) is 19.3 Å². The minimum Gasteiger partial charge on any atom is -0.348 e. The number of carbonyl (C=O) groups excluding carboxylic acids is 1. The van der Waals surface area contributed by atoms with Crippen molar-refractivity contribution in [3.05, 3.63) is 80.2 Å². The van der Waals surface area contributed by atoms with Crippen LogP contribution in [0.1, 0.15) is 38.7 Å². The first-order valence-corrected chi connectivity index (χ1v) is 9.31. The fourth-order valence-electron chi connectivity index (χ4n) is 3.65. The number of ketones is 1. The Balaban J connectivity index is 1.78. The van der Waals surface area contributed by atoms with Gasteiger partial charge < -0.3 is 4.57 Å². The van der Waals surface area contributed by atoms with E-state index in [2.05, 4.69) is 9.67 Å². The van der Waals surface area contributed by atoms with E-state index in [1.165, 1.54) is 16.8 Å². The van der Waals surface area contributed by atoms with Gasteiger partial charge in [-0.25, -0.2) is 4.39 Å². The Labute approximate surface area is 167 Å². The summed E-state index contributed by atoms with van der Waals surface area (Å²) in [6.45, 7) is 7.59. The fourth-order valence-corrected chi connectivity index (χ4v) is 3.65. The lowest BCUT2D eigenvalue weighted by Crippen LogP contribution is -2.14. The second-order valence-corrected chi connectivity index (χ2v) is 7.17. The highest BCUT2D eigenvalue weighted by Crippen LogP contribution is 2.23. The third kappa shape index (κ3) is 4.11. The summed E-state index contributed by atoms with van der Waals surface area (Å²) in [4.78, 5) is 23.6. The smallest absolute Gasteiger partial charge is 0.312 e. The molecule has 1 aromatic carbocycles. The molecule has 8 heteroatoms. The van der Waals surface area contributed by atoms with Gasteiger partial charge >= 0.3 is 5.69 Å². The topological polar surface area (TPSA) is 83.0 Å². The molecule has 0 unspecified atom stereocenters. The average Bonchev–Trinajstić information content (AvgIpc) is 3.10. The van der Waals surface area contributed by atoms with Crippen molar-refractivity contribution in [1.29, 1.82) is 0 Å². The third-order valence-corrected chi connectivity index (χ3v) is 5.23. The van der Waals surface area contributed by atoms with Gasteiger partial charge in [0, 0.05) is 23.5 Å². The molecule has 7 nitrogen and oxygen atoms in total. The van der Waals surface area contributed by atoms with Crippen LogP contribution in [0.25, 0.3) is 0 Å². The number of aryl methyl sites for hydroxylation is 3. The molecule has 3 rings (SSSR count). The molecule has 0 saturated carbocycles. The number of Topliss-reactive ketones (excluding diaryl/α,β-unsaturated/α-hetero) is 1. The zero-order chi connectivity index (χ0) is 21.3. The third-order valence-electron chi connectivity index (χ3n) is 5.23. The van der Waals surface area contributed by atoms with Crippen molar-refractivity contribution >= 4 is 11.5 Å². The Morgan fingerprint density at radius 3 is 2.38 bits per heavy atom. The minimum absolute atomic E-state index is 0.0528. The zero-order valence-electron chi connectivity index (χ0n) is 16.9. The maximum Gasteiger partial charge on any atom is 0.312 e. The average molecular weight is 398 g/mol. The van der Waals surface area contributed by atoms with Crippen molar-refractivity contribution in [2.75, 3.05) is 0 Å². The first-order valence-electron chi connectivity index (χ1n) is 9.31. The molecule has 29 heavy (non-hydrogen) atoms. The Bertz CT molecular complexity index is 1080. The second kappa shape index (κ2) is 7.98. The molecule has 0 aliphatic rings. The van der Waals surface area contributed by atoms with E-state index in [0.29, 0.717) is 29.9 Å². The highest BCUT2D eigenvalue weighted by Gasteiger charge is 2.24. The maximum atomic E-state index is 13.1. The minimum atomic E-state index is -0.472. The summed E-state index contributed by atoms with van der Waals surface area (Å²) >= 11 is 0. The molecule has 0 aliphatic heterocycles. The number of nitrogens with zero attached hydrogens (tertiary/aromatic N) is 4. The Hall–Kier alpha value is -3.29. The Kier molecular flexibility index (Phi) is 5.63. The van der Waals surface area contributed by atoms with Gasteiger partial charge in [-0.2, -0.15) is 5.10 Å². The molecule has 0 saturated heterocycles. The number of rotatable bonds is 7. The first kappa shape index (κ1) is 20.4. The van der Waals surface area contributed by atoms with Gasteiger partial charge in [-0.05, 0) is 57.9 Å². The van der Waals surface area contributed by atoms with Gasteiger partial charge in [-0.3, -0.25) is 19.6 Å². The van der Waals surface area contributed by atoms with E-state index in [1.807, 2.05) is 19.9 Å². The van der Waals surface area contributed by atoms with Crippen LogP contribution in [0.4, 0.5) is 10.1 Å². The Morgan fingerprint density at radius 2 is 1.79 bits per heavy atom. The Morgan fingerprint density at radius 1 is 1.14 bits per heavy atom. The normalized spacial score (nSPS) is 11.1. The standard InChI is InChI=1S/C21H23FN4O3/c1-13-11-19(15(3)24(13)10-9-17-5-7-18(22)8-6-17)20(27)12-25-16(4)21(26(28)29)14(2)23-25/h5-8,11H,9-10,12H2,1-4H3. The van der Waals surface area contributed by atoms with E-state index >= 15 is 0 Å². The number of halogens is 1. The molecule has 0 radical (unpaired) electrons. The lowest BCUT2D eigenvalue weighted by Gasteiger charge is -2.10. The monoisotopic (exact) mass is 398 g/mol. The van der Waals surface area contributed by atoms with Crippen LogP contribution < -0.4 is 0 Å².